The van der Waals surface area contributed by atoms with Gasteiger partial charge in [0.15, 0.2) is 0 Å². The lowest BCUT2D eigenvalue weighted by Crippen LogP contribution is -2.30. The van der Waals surface area contributed by atoms with Crippen LogP contribution < -0.4 is 0 Å². The molecule has 2 atom stereocenters. The van der Waals surface area contributed by atoms with Crippen molar-refractivity contribution in [2.75, 3.05) is 13.2 Å². The van der Waals surface area contributed by atoms with Crippen molar-refractivity contribution in [2.45, 2.75) is 215 Å². The fourth-order valence-corrected chi connectivity index (χ4v) is 14.0. The standard InChI is InChI=1S/3C21H27N7O.C20H25N7O/c1-5-17(6-2)26-11-16(10-23-26)20-19-7-8-22-27(19)13-18(25-20)15-9-24-28(12-15)21(3,4)14-29;1-5-17(6-2)27-12-16(10-24-27)20-19-7-8-22-28(19)13-18(25-20)15-9-23-26(11-15)14-21(3,4)29;1-4-17(5-2)27-12-16(10-24-27)21-20-7-8-22-28(20)14-19(25-21)15-9-23-26(11-15)13-18(29)6-3;1-4-17(5-2)26-11-16(9-23-26)20-19-6-7-21-27(19)12-18(24-20)15-8-22-25(10-15)14(3)13-28/h2*7-13,17,29H,5-6,14H2,1-4H3;7-12,14,17-18,29H,4-6,13H2,1-3H3;6-12,14,17,28H,4-5,13H2,1-3H3/t;;18-;/m..1./s1. The number of hydrogen-bond acceptors (Lipinski definition) is 20. The fourth-order valence-electron chi connectivity index (χ4n) is 14.0. The van der Waals surface area contributed by atoms with Crippen LogP contribution in [0.1, 0.15) is 185 Å². The van der Waals surface area contributed by atoms with Gasteiger partial charge in [0.05, 0.1) is 241 Å². The molecule has 0 fully saturated rings. The number of rotatable bonds is 29. The van der Waals surface area contributed by atoms with Crippen molar-refractivity contribution in [2.24, 2.45) is 0 Å². The zero-order valence-corrected chi connectivity index (χ0v) is 68.1. The molecular formula is C83H106N28O4. The van der Waals surface area contributed by atoms with E-state index in [1.54, 1.807) is 82.1 Å². The predicted molar refractivity (Wildman–Crippen MR) is 441 cm³/mol. The lowest BCUT2D eigenvalue weighted by atomic mass is 10.1. The van der Waals surface area contributed by atoms with E-state index in [-0.39, 0.29) is 19.3 Å². The van der Waals surface area contributed by atoms with Gasteiger partial charge in [-0.25, -0.2) is 38.0 Å². The molecule has 16 aromatic heterocycles. The summed E-state index contributed by atoms with van der Waals surface area (Å²) in [6.07, 6.45) is 53.7. The maximum absolute atomic E-state index is 10.0. The molecule has 602 valence electrons. The van der Waals surface area contributed by atoms with Crippen LogP contribution in [0.4, 0.5) is 0 Å². The molecule has 0 aliphatic carbocycles. The van der Waals surface area contributed by atoms with Gasteiger partial charge >= 0.3 is 0 Å². The normalized spacial score (nSPS) is 12.6. The zero-order valence-electron chi connectivity index (χ0n) is 68.1. The SMILES string of the molecule is CCC(CC)n1cc(-c2nc(-c3cnn(C(C)(C)CO)c3)cn3nccc23)cn1.CCC(CC)n1cc(-c2nc(-c3cnn(C(C)CO)c3)cn3nccc23)cn1.CCC(CC)n1cc(-c2nc(-c3cnn(CC(C)(C)O)c3)cn3nccc23)cn1.CCC(CC)n1cc(-c2nc(-c3cnn(C[C@H](O)CC)c3)cn3nccc23)cn1. The maximum atomic E-state index is 10.0. The maximum Gasteiger partial charge on any atom is 0.0999 e. The first-order valence-electron chi connectivity index (χ1n) is 39.9. The average molecular weight is 1560 g/mol. The van der Waals surface area contributed by atoms with Crippen molar-refractivity contribution in [3.05, 3.63) is 173 Å². The van der Waals surface area contributed by atoms with Crippen LogP contribution in [0, 0.1) is 0 Å². The minimum Gasteiger partial charge on any atom is -0.394 e. The number of aliphatic hydroxyl groups excluding tert-OH is 3. The number of hydrogen-bond donors (Lipinski definition) is 4. The molecule has 4 N–H and O–H groups in total. The lowest BCUT2D eigenvalue weighted by molar-refractivity contribution is 0.0577. The molecule has 0 aromatic carbocycles. The zero-order chi connectivity index (χ0) is 81.2. The summed E-state index contributed by atoms with van der Waals surface area (Å²) in [5.74, 6) is 0. The Labute approximate surface area is 667 Å². The summed E-state index contributed by atoms with van der Waals surface area (Å²) in [4.78, 5) is 19.7. The van der Waals surface area contributed by atoms with E-state index in [1.165, 1.54) is 0 Å². The van der Waals surface area contributed by atoms with Gasteiger partial charge in [0, 0.05) is 94.1 Å². The summed E-state index contributed by atoms with van der Waals surface area (Å²) < 4.78 is 22.4. The first-order chi connectivity index (χ1) is 55.6. The van der Waals surface area contributed by atoms with Crippen LogP contribution in [0.5, 0.6) is 0 Å². The molecule has 0 saturated carbocycles. The monoisotopic (exact) mass is 1560 g/mol. The average Bonchev–Trinajstić information content (AvgIpc) is 1.66. The molecule has 1 unspecified atom stereocenters. The molecule has 0 bridgehead atoms. The minimum atomic E-state index is -0.836. The van der Waals surface area contributed by atoms with Crippen molar-refractivity contribution in [3.63, 3.8) is 0 Å². The summed E-state index contributed by atoms with van der Waals surface area (Å²) in [6.45, 7) is 29.6. The van der Waals surface area contributed by atoms with E-state index >= 15 is 0 Å². The van der Waals surface area contributed by atoms with Gasteiger partial charge in [0.25, 0.3) is 0 Å². The first-order valence-corrected chi connectivity index (χ1v) is 39.9. The first kappa shape index (κ1) is 81.0. The van der Waals surface area contributed by atoms with Crippen molar-refractivity contribution in [3.8, 4) is 90.1 Å². The van der Waals surface area contributed by atoms with Crippen LogP contribution >= 0.6 is 0 Å². The second kappa shape index (κ2) is 35.6. The molecule has 16 aromatic rings. The van der Waals surface area contributed by atoms with Crippen LogP contribution in [-0.2, 0) is 18.6 Å². The van der Waals surface area contributed by atoms with Crippen molar-refractivity contribution in [1.82, 2.24) is 137 Å². The molecular weight excluding hydrogens is 1450 g/mol. The van der Waals surface area contributed by atoms with E-state index in [0.29, 0.717) is 43.7 Å². The third kappa shape index (κ3) is 18.0. The van der Waals surface area contributed by atoms with Gasteiger partial charge in [-0.05, 0) is 117 Å². The Morgan fingerprint density at radius 3 is 0.965 bits per heavy atom. The highest BCUT2D eigenvalue weighted by Gasteiger charge is 2.25. The summed E-state index contributed by atoms with van der Waals surface area (Å²) >= 11 is 0. The molecule has 32 nitrogen and oxygen atoms in total. The quantitative estimate of drug-likeness (QED) is 0.0338. The van der Waals surface area contributed by atoms with Gasteiger partial charge < -0.3 is 20.4 Å². The Balaban J connectivity index is 0.000000134. The highest BCUT2D eigenvalue weighted by atomic mass is 16.3. The van der Waals surface area contributed by atoms with Crippen LogP contribution in [0.3, 0.4) is 0 Å². The number of fused-ring (bicyclic) bond motifs is 4. The topological polar surface area (TPSA) is 344 Å². The Bertz CT molecular complexity index is 5800. The highest BCUT2D eigenvalue weighted by molar-refractivity contribution is 5.81. The summed E-state index contributed by atoms with van der Waals surface area (Å²) in [6, 6.07) is 9.28. The number of aromatic nitrogens is 28. The third-order valence-electron chi connectivity index (χ3n) is 21.1. The van der Waals surface area contributed by atoms with Crippen molar-refractivity contribution in [1.29, 1.82) is 0 Å². The van der Waals surface area contributed by atoms with E-state index in [1.807, 2.05) is 163 Å². The van der Waals surface area contributed by atoms with Crippen LogP contribution in [0.25, 0.3) is 112 Å². The molecule has 0 radical (unpaired) electrons. The van der Waals surface area contributed by atoms with Crippen LogP contribution in [0.15, 0.2) is 173 Å². The second-order valence-electron chi connectivity index (χ2n) is 30.4. The molecule has 0 amide bonds. The summed E-state index contributed by atoms with van der Waals surface area (Å²) in [7, 11) is 0. The molecule has 0 aliphatic heterocycles. The van der Waals surface area contributed by atoms with E-state index < -0.39 is 17.2 Å². The molecule has 0 saturated heterocycles. The molecule has 32 heteroatoms. The summed E-state index contributed by atoms with van der Waals surface area (Å²) in [5, 5.41) is 92.4. The summed E-state index contributed by atoms with van der Waals surface area (Å²) in [5.41, 5.74) is 16.3. The molecule has 0 spiro atoms. The van der Waals surface area contributed by atoms with Crippen molar-refractivity contribution >= 4 is 22.1 Å². The minimum absolute atomic E-state index is 0.000197. The van der Waals surface area contributed by atoms with E-state index in [4.69, 9.17) is 19.9 Å². The Morgan fingerprint density at radius 2 is 0.635 bits per heavy atom. The van der Waals surface area contributed by atoms with Gasteiger partial charge in [-0.3, -0.25) is 37.5 Å². The van der Waals surface area contributed by atoms with E-state index in [9.17, 15) is 20.4 Å². The van der Waals surface area contributed by atoms with Gasteiger partial charge in [0.1, 0.15) is 0 Å². The highest BCUT2D eigenvalue weighted by Crippen LogP contribution is 2.34. The van der Waals surface area contributed by atoms with Gasteiger partial charge in [-0.2, -0.15) is 61.2 Å². The van der Waals surface area contributed by atoms with Gasteiger partial charge in [0.2, 0.25) is 0 Å². The lowest BCUT2D eigenvalue weighted by Gasteiger charge is -2.22. The molecule has 16 rings (SSSR count). The van der Waals surface area contributed by atoms with Gasteiger partial charge in [-0.1, -0.05) is 62.3 Å². The Kier molecular flexibility index (Phi) is 25.1. The number of nitrogens with zero attached hydrogens (tertiary/aromatic N) is 28. The predicted octanol–water partition coefficient (Wildman–Crippen LogP) is 14.1. The fraction of sp³-hybridized carbons (Fsp3) is 0.422. The molecule has 0 aliphatic rings. The van der Waals surface area contributed by atoms with Crippen molar-refractivity contribution < 1.29 is 20.4 Å². The molecule has 16 heterocycles. The second-order valence-corrected chi connectivity index (χ2v) is 30.4. The van der Waals surface area contributed by atoms with E-state index in [0.717, 1.165) is 163 Å². The number of aliphatic hydroxyl groups is 4. The third-order valence-corrected chi connectivity index (χ3v) is 21.1. The smallest absolute Gasteiger partial charge is 0.0999 e. The molecule has 115 heavy (non-hydrogen) atoms. The van der Waals surface area contributed by atoms with E-state index in [2.05, 4.69) is 141 Å². The van der Waals surface area contributed by atoms with Crippen LogP contribution in [-0.4, -0.2) is 182 Å². The van der Waals surface area contributed by atoms with Gasteiger partial charge in [-0.15, -0.1) is 0 Å². The van der Waals surface area contributed by atoms with Crippen LogP contribution in [0.2, 0.25) is 0 Å². The largest absolute Gasteiger partial charge is 0.394 e. The Hall–Kier alpha value is -12.0. The Morgan fingerprint density at radius 1 is 0.339 bits per heavy atom.